The maximum Gasteiger partial charge on any atom is 0.416 e. The molecule has 2 aromatic carbocycles. The summed E-state index contributed by atoms with van der Waals surface area (Å²) in [4.78, 5) is 16.7. The van der Waals surface area contributed by atoms with Crippen molar-refractivity contribution < 1.29 is 30.8 Å². The molecule has 0 aliphatic rings. The molecule has 1 heterocycles. The Bertz CT molecular complexity index is 1210. The highest BCUT2D eigenvalue weighted by atomic mass is 32.2. The molecule has 11 heteroatoms. The van der Waals surface area contributed by atoms with E-state index in [4.69, 9.17) is 0 Å². The molecule has 0 bridgehead atoms. The second-order valence-electron chi connectivity index (χ2n) is 6.85. The van der Waals surface area contributed by atoms with Crippen molar-refractivity contribution in [3.63, 3.8) is 0 Å². The standard InChI is InChI=1S/C21H17F4N3O3S/c1-32(30,31)28-16-10-6-14(7-11-16)20(29)27-18(19-17(22)3-2-12-26-19)13-4-8-15(9-5-13)21(23,24)25/h2-12,18,28H,1H3,(H,27,29)/t18-/m0/s1. The zero-order chi connectivity index (χ0) is 23.5. The molecule has 3 rings (SSSR count). The summed E-state index contributed by atoms with van der Waals surface area (Å²) in [6.07, 6.45) is -2.27. The first-order valence-electron chi connectivity index (χ1n) is 9.10. The fourth-order valence-electron chi connectivity index (χ4n) is 2.90. The lowest BCUT2D eigenvalue weighted by Gasteiger charge is -2.20. The first-order chi connectivity index (χ1) is 14.9. The van der Waals surface area contributed by atoms with E-state index in [0.29, 0.717) is 0 Å². The summed E-state index contributed by atoms with van der Waals surface area (Å²) in [5.41, 5.74) is -0.506. The van der Waals surface area contributed by atoms with Crippen LogP contribution in [0.15, 0.2) is 66.9 Å². The number of amides is 1. The molecular formula is C21H17F4N3O3S. The van der Waals surface area contributed by atoms with Gasteiger partial charge in [-0.3, -0.25) is 14.5 Å². The highest BCUT2D eigenvalue weighted by Crippen LogP contribution is 2.31. The van der Waals surface area contributed by atoms with E-state index in [0.717, 1.165) is 36.6 Å². The van der Waals surface area contributed by atoms with Crippen LogP contribution in [0.25, 0.3) is 0 Å². The van der Waals surface area contributed by atoms with Crippen LogP contribution in [-0.2, 0) is 16.2 Å². The summed E-state index contributed by atoms with van der Waals surface area (Å²) >= 11 is 0. The number of benzene rings is 2. The number of rotatable bonds is 6. The minimum absolute atomic E-state index is 0.123. The molecule has 2 N–H and O–H groups in total. The normalized spacial score (nSPS) is 12.8. The molecule has 32 heavy (non-hydrogen) atoms. The van der Waals surface area contributed by atoms with Crippen molar-refractivity contribution in [2.75, 3.05) is 11.0 Å². The van der Waals surface area contributed by atoms with Crippen LogP contribution >= 0.6 is 0 Å². The van der Waals surface area contributed by atoms with Gasteiger partial charge < -0.3 is 5.32 Å². The molecule has 0 fully saturated rings. The van der Waals surface area contributed by atoms with E-state index in [1.54, 1.807) is 0 Å². The summed E-state index contributed by atoms with van der Waals surface area (Å²) in [6.45, 7) is 0. The number of aromatic nitrogens is 1. The Labute approximate surface area is 181 Å². The topological polar surface area (TPSA) is 88.2 Å². The summed E-state index contributed by atoms with van der Waals surface area (Å²) in [5, 5.41) is 2.57. The van der Waals surface area contributed by atoms with Crippen LogP contribution in [0.3, 0.4) is 0 Å². The van der Waals surface area contributed by atoms with Gasteiger partial charge in [0.05, 0.1) is 17.9 Å². The smallest absolute Gasteiger partial charge is 0.339 e. The first kappa shape index (κ1) is 23.2. The third-order valence-corrected chi connectivity index (χ3v) is 4.96. The number of hydrogen-bond donors (Lipinski definition) is 2. The molecule has 0 spiro atoms. The third kappa shape index (κ3) is 5.82. The second-order valence-corrected chi connectivity index (χ2v) is 8.60. The summed E-state index contributed by atoms with van der Waals surface area (Å²) in [6, 6.07) is 10.7. The number of pyridine rings is 1. The Kier molecular flexibility index (Phi) is 6.49. The van der Waals surface area contributed by atoms with Crippen molar-refractivity contribution in [3.8, 4) is 0 Å². The SMILES string of the molecule is CS(=O)(=O)Nc1ccc(C(=O)N[C@@H](c2ccc(C(F)(F)F)cc2)c2ncccc2F)cc1. The Morgan fingerprint density at radius 3 is 2.16 bits per heavy atom. The van der Waals surface area contributed by atoms with Gasteiger partial charge in [-0.05, 0) is 54.1 Å². The number of alkyl halides is 3. The van der Waals surface area contributed by atoms with Crippen LogP contribution < -0.4 is 10.0 Å². The van der Waals surface area contributed by atoms with Crippen LogP contribution in [0.5, 0.6) is 0 Å². The molecule has 1 amide bonds. The molecule has 3 aromatic rings. The molecule has 0 aliphatic heterocycles. The highest BCUT2D eigenvalue weighted by Gasteiger charge is 2.31. The number of nitrogens with one attached hydrogen (secondary N) is 2. The average molecular weight is 467 g/mol. The van der Waals surface area contributed by atoms with E-state index in [2.05, 4.69) is 15.0 Å². The molecule has 0 radical (unpaired) electrons. The van der Waals surface area contributed by atoms with Gasteiger partial charge in [0.15, 0.2) is 0 Å². The van der Waals surface area contributed by atoms with Gasteiger partial charge in [-0.2, -0.15) is 13.2 Å². The minimum atomic E-state index is -4.55. The third-order valence-electron chi connectivity index (χ3n) is 4.36. The first-order valence-corrected chi connectivity index (χ1v) is 11.0. The minimum Gasteiger partial charge on any atom is -0.339 e. The van der Waals surface area contributed by atoms with Crippen molar-refractivity contribution >= 4 is 21.6 Å². The van der Waals surface area contributed by atoms with Gasteiger partial charge in [-0.25, -0.2) is 12.8 Å². The zero-order valence-corrected chi connectivity index (χ0v) is 17.3. The van der Waals surface area contributed by atoms with Gasteiger partial charge in [0.1, 0.15) is 11.5 Å². The second kappa shape index (κ2) is 8.95. The molecule has 0 unspecified atom stereocenters. The van der Waals surface area contributed by atoms with Crippen LogP contribution in [-0.4, -0.2) is 25.6 Å². The maximum absolute atomic E-state index is 14.4. The number of hydrogen-bond acceptors (Lipinski definition) is 4. The van der Waals surface area contributed by atoms with E-state index >= 15 is 0 Å². The predicted molar refractivity (Wildman–Crippen MR) is 110 cm³/mol. The number of carbonyl (C=O) groups excluding carboxylic acids is 1. The summed E-state index contributed by atoms with van der Waals surface area (Å²) in [7, 11) is -3.50. The predicted octanol–water partition coefficient (Wildman–Crippen LogP) is 4.13. The van der Waals surface area contributed by atoms with E-state index in [1.165, 1.54) is 36.5 Å². The van der Waals surface area contributed by atoms with Gasteiger partial charge in [-0.1, -0.05) is 12.1 Å². The van der Waals surface area contributed by atoms with Crippen LogP contribution in [0.1, 0.15) is 33.2 Å². The molecule has 168 valence electrons. The zero-order valence-electron chi connectivity index (χ0n) is 16.5. The lowest BCUT2D eigenvalue weighted by Crippen LogP contribution is -2.30. The maximum atomic E-state index is 14.4. The van der Waals surface area contributed by atoms with Gasteiger partial charge in [-0.15, -0.1) is 0 Å². The van der Waals surface area contributed by atoms with Gasteiger partial charge in [0, 0.05) is 17.4 Å². The van der Waals surface area contributed by atoms with Crippen molar-refractivity contribution in [2.24, 2.45) is 0 Å². The number of carbonyl (C=O) groups is 1. The number of anilines is 1. The molecule has 0 aliphatic carbocycles. The van der Waals surface area contributed by atoms with E-state index in [9.17, 15) is 30.8 Å². The largest absolute Gasteiger partial charge is 0.416 e. The molecule has 1 aromatic heterocycles. The molecule has 0 saturated carbocycles. The number of sulfonamides is 1. The Morgan fingerprint density at radius 1 is 1.00 bits per heavy atom. The van der Waals surface area contributed by atoms with Crippen molar-refractivity contribution in [1.82, 2.24) is 10.3 Å². The summed E-state index contributed by atoms with van der Waals surface area (Å²) in [5.74, 6) is -1.41. The van der Waals surface area contributed by atoms with Crippen molar-refractivity contribution in [3.05, 3.63) is 95.1 Å². The monoisotopic (exact) mass is 467 g/mol. The quantitative estimate of drug-likeness (QED) is 0.534. The number of halogens is 4. The highest BCUT2D eigenvalue weighted by molar-refractivity contribution is 7.92. The Hall–Kier alpha value is -3.47. The van der Waals surface area contributed by atoms with Crippen LogP contribution in [0.2, 0.25) is 0 Å². The van der Waals surface area contributed by atoms with Gasteiger partial charge in [0.2, 0.25) is 10.0 Å². The van der Waals surface area contributed by atoms with E-state index < -0.39 is 39.5 Å². The Morgan fingerprint density at radius 2 is 1.62 bits per heavy atom. The molecular weight excluding hydrogens is 450 g/mol. The number of nitrogens with zero attached hydrogens (tertiary/aromatic N) is 1. The summed E-state index contributed by atoms with van der Waals surface area (Å²) < 4.78 is 77.9. The van der Waals surface area contributed by atoms with Crippen LogP contribution in [0.4, 0.5) is 23.2 Å². The fraction of sp³-hybridized carbons (Fsp3) is 0.143. The lowest BCUT2D eigenvalue weighted by atomic mass is 10.00. The Balaban J connectivity index is 1.91. The van der Waals surface area contributed by atoms with Gasteiger partial charge >= 0.3 is 6.18 Å². The lowest BCUT2D eigenvalue weighted by molar-refractivity contribution is -0.137. The van der Waals surface area contributed by atoms with Crippen LogP contribution in [0, 0.1) is 5.82 Å². The van der Waals surface area contributed by atoms with Crippen molar-refractivity contribution in [1.29, 1.82) is 0 Å². The molecule has 1 atom stereocenters. The molecule has 0 saturated heterocycles. The van der Waals surface area contributed by atoms with E-state index in [1.807, 2.05) is 0 Å². The van der Waals surface area contributed by atoms with E-state index in [-0.39, 0.29) is 22.5 Å². The molecule has 6 nitrogen and oxygen atoms in total. The van der Waals surface area contributed by atoms with Gasteiger partial charge in [0.25, 0.3) is 5.91 Å². The average Bonchev–Trinajstić information content (AvgIpc) is 2.71. The van der Waals surface area contributed by atoms with Crippen molar-refractivity contribution in [2.45, 2.75) is 12.2 Å². The fourth-order valence-corrected chi connectivity index (χ4v) is 3.47.